The number of phosphoric acid groups is 1. The molecule has 30 heavy (non-hydrogen) atoms. The number of hydrogen-bond donors (Lipinski definition) is 0. The van der Waals surface area contributed by atoms with Crippen molar-refractivity contribution in [3.63, 3.8) is 0 Å². The predicted octanol–water partition coefficient (Wildman–Crippen LogP) is -0.525. The van der Waals surface area contributed by atoms with Crippen molar-refractivity contribution in [3.05, 3.63) is 35.9 Å². The summed E-state index contributed by atoms with van der Waals surface area (Å²) < 4.78 is 13.9. The van der Waals surface area contributed by atoms with Crippen LogP contribution in [0.1, 0.15) is 95.5 Å². The first-order chi connectivity index (χ1) is 13.6. The summed E-state index contributed by atoms with van der Waals surface area (Å²) >= 11 is 0. The molecule has 0 amide bonds. The molecule has 0 aromatic heterocycles. The fourth-order valence-electron chi connectivity index (χ4n) is 3.36. The maximum Gasteiger partial charge on any atom is 1.00 e. The summed E-state index contributed by atoms with van der Waals surface area (Å²) in [5, 5.41) is 0. The van der Waals surface area contributed by atoms with E-state index < -0.39 is 7.82 Å². The number of unbranched alkanes of at least 4 members (excludes halogenated alkanes) is 13. The van der Waals surface area contributed by atoms with Crippen molar-refractivity contribution in [2.45, 2.75) is 96.3 Å². The Bertz CT molecular complexity index is 514. The molecular formula is C22H37Na2O5P. The van der Waals surface area contributed by atoms with E-state index in [1.54, 1.807) is 0 Å². The minimum Gasteiger partial charge on any atom is -0.788 e. The fourth-order valence-corrected chi connectivity index (χ4v) is 3.56. The normalized spacial score (nSPS) is 11.0. The Balaban J connectivity index is 0. The summed E-state index contributed by atoms with van der Waals surface area (Å²) in [6, 6.07) is 10.8. The minimum atomic E-state index is -4.99. The smallest absolute Gasteiger partial charge is 0.788 e. The van der Waals surface area contributed by atoms with Gasteiger partial charge in [0.1, 0.15) is 7.82 Å². The molecule has 162 valence electrons. The van der Waals surface area contributed by atoms with Crippen LogP contribution in [0.5, 0.6) is 0 Å². The molecule has 0 unspecified atom stereocenters. The molecule has 0 aliphatic heterocycles. The van der Waals surface area contributed by atoms with E-state index >= 15 is 0 Å². The van der Waals surface area contributed by atoms with E-state index in [4.69, 9.17) is 0 Å². The maximum atomic E-state index is 10.2. The van der Waals surface area contributed by atoms with E-state index in [1.165, 1.54) is 82.6 Å². The Morgan fingerprint density at radius 1 is 0.633 bits per heavy atom. The van der Waals surface area contributed by atoms with Gasteiger partial charge in [0, 0.05) is 0 Å². The molecule has 1 aromatic rings. The molecule has 8 heteroatoms. The van der Waals surface area contributed by atoms with Crippen molar-refractivity contribution in [3.8, 4) is 0 Å². The molecule has 1 aromatic carbocycles. The van der Waals surface area contributed by atoms with Gasteiger partial charge in [-0.05, 0) is 24.8 Å². The van der Waals surface area contributed by atoms with Crippen LogP contribution in [0.3, 0.4) is 0 Å². The van der Waals surface area contributed by atoms with Gasteiger partial charge in [-0.3, -0.25) is 0 Å². The molecule has 0 saturated heterocycles. The summed E-state index contributed by atoms with van der Waals surface area (Å²) in [5.74, 6) is 0. The fraction of sp³-hybridized carbons (Fsp3) is 0.727. The van der Waals surface area contributed by atoms with Crippen LogP contribution in [0.2, 0.25) is 0 Å². The first kappa shape index (κ1) is 33.5. The molecule has 0 bridgehead atoms. The third kappa shape index (κ3) is 23.9. The van der Waals surface area contributed by atoms with Crippen LogP contribution in [0.15, 0.2) is 30.3 Å². The van der Waals surface area contributed by atoms with Crippen LogP contribution >= 0.6 is 7.82 Å². The van der Waals surface area contributed by atoms with Gasteiger partial charge in [-0.2, -0.15) is 0 Å². The summed E-state index contributed by atoms with van der Waals surface area (Å²) in [6.45, 7) is 0.153. The Morgan fingerprint density at radius 3 is 1.47 bits per heavy atom. The molecule has 0 heterocycles. The first-order valence-corrected chi connectivity index (χ1v) is 12.4. The van der Waals surface area contributed by atoms with Crippen molar-refractivity contribution >= 4 is 7.82 Å². The van der Waals surface area contributed by atoms with E-state index in [0.717, 1.165) is 12.8 Å². The summed E-state index contributed by atoms with van der Waals surface area (Å²) in [4.78, 5) is 24.7. The predicted molar refractivity (Wildman–Crippen MR) is 109 cm³/mol. The Morgan fingerprint density at radius 2 is 1.03 bits per heavy atom. The minimum absolute atomic E-state index is 0. The molecule has 1 rings (SSSR count). The second-order valence-electron chi connectivity index (χ2n) is 7.53. The van der Waals surface area contributed by atoms with E-state index in [-0.39, 0.29) is 65.7 Å². The van der Waals surface area contributed by atoms with Gasteiger partial charge in [0.15, 0.2) is 0 Å². The van der Waals surface area contributed by atoms with Gasteiger partial charge >= 0.3 is 59.1 Å². The summed E-state index contributed by atoms with van der Waals surface area (Å²) in [6.07, 6.45) is 18.5. The molecule has 5 nitrogen and oxygen atoms in total. The second-order valence-corrected chi connectivity index (χ2v) is 8.57. The van der Waals surface area contributed by atoms with Crippen molar-refractivity contribution in [1.82, 2.24) is 0 Å². The second kappa shape index (κ2) is 23.4. The number of rotatable bonds is 19. The van der Waals surface area contributed by atoms with E-state index in [2.05, 4.69) is 39.9 Å². The first-order valence-electron chi connectivity index (χ1n) is 10.9. The number of hydrogen-bond acceptors (Lipinski definition) is 5. The van der Waals surface area contributed by atoms with E-state index in [1.807, 2.05) is 0 Å². The van der Waals surface area contributed by atoms with Crippen molar-refractivity contribution in [2.24, 2.45) is 0 Å². The zero-order valence-corrected chi connectivity index (χ0v) is 24.1. The van der Waals surface area contributed by atoms with Gasteiger partial charge in [0.25, 0.3) is 0 Å². The summed E-state index contributed by atoms with van der Waals surface area (Å²) in [7, 11) is -4.99. The van der Waals surface area contributed by atoms with Crippen LogP contribution < -0.4 is 68.9 Å². The van der Waals surface area contributed by atoms with Crippen LogP contribution in [0.4, 0.5) is 0 Å². The van der Waals surface area contributed by atoms with Crippen molar-refractivity contribution in [1.29, 1.82) is 0 Å². The Hall–Kier alpha value is 1.29. The molecular weight excluding hydrogens is 421 g/mol. The molecule has 0 N–H and O–H groups in total. The Kier molecular flexibility index (Phi) is 26.2. The topological polar surface area (TPSA) is 81.7 Å². The van der Waals surface area contributed by atoms with E-state index in [9.17, 15) is 14.4 Å². The quantitative estimate of drug-likeness (QED) is 0.0916. The Labute approximate surface area is 227 Å². The third-order valence-corrected chi connectivity index (χ3v) is 5.22. The molecule has 0 saturated carbocycles. The van der Waals surface area contributed by atoms with Gasteiger partial charge in [-0.1, -0.05) is 107 Å². The third-order valence-electron chi connectivity index (χ3n) is 4.93. The number of benzene rings is 1. The largest absolute Gasteiger partial charge is 1.00 e. The van der Waals surface area contributed by atoms with Crippen LogP contribution in [-0.4, -0.2) is 6.61 Å². The SMILES string of the molecule is O=P([O-])([O-])OOCCCCCCCCCCCCCCCCc1ccccc1.[Na+].[Na+]. The molecule has 0 fully saturated rings. The van der Waals surface area contributed by atoms with E-state index in [0.29, 0.717) is 6.42 Å². The molecule has 0 aliphatic carbocycles. The average Bonchev–Trinajstić information content (AvgIpc) is 2.67. The van der Waals surface area contributed by atoms with Gasteiger partial charge in [-0.25, -0.2) is 9.56 Å². The zero-order chi connectivity index (χ0) is 20.3. The van der Waals surface area contributed by atoms with Crippen LogP contribution in [0.25, 0.3) is 0 Å². The maximum absolute atomic E-state index is 10.2. The average molecular weight is 458 g/mol. The number of aryl methyl sites for hydroxylation is 1. The van der Waals surface area contributed by atoms with Gasteiger partial charge < -0.3 is 14.4 Å². The van der Waals surface area contributed by atoms with Gasteiger partial charge in [-0.15, -0.1) is 0 Å². The van der Waals surface area contributed by atoms with Gasteiger partial charge in [0.2, 0.25) is 0 Å². The zero-order valence-electron chi connectivity index (χ0n) is 19.2. The summed E-state index contributed by atoms with van der Waals surface area (Å²) in [5.41, 5.74) is 1.46. The van der Waals surface area contributed by atoms with Crippen molar-refractivity contribution < 1.29 is 83.0 Å². The van der Waals surface area contributed by atoms with Crippen LogP contribution in [0, 0.1) is 0 Å². The van der Waals surface area contributed by atoms with Crippen LogP contribution in [-0.2, 0) is 20.5 Å². The van der Waals surface area contributed by atoms with Gasteiger partial charge in [0.05, 0.1) is 6.61 Å². The standard InChI is InChI=1S/C22H39O5P.2Na/c23-28(24,25)27-26-21-17-12-10-8-6-4-2-1-3-5-7-9-11-14-18-22-19-15-13-16-20-22;;/h13,15-16,19-20H,1-12,14,17-18,21H2,(H2,23,24,25);;/q;2*+1/p-2. The van der Waals surface area contributed by atoms with Crippen molar-refractivity contribution in [2.75, 3.05) is 6.61 Å². The molecule has 0 spiro atoms. The molecule has 0 aliphatic rings. The monoisotopic (exact) mass is 458 g/mol. The molecule has 0 radical (unpaired) electrons. The molecule has 0 atom stereocenters.